The molecular weight excluding hydrogens is 397 g/mol. The quantitative estimate of drug-likeness (QED) is 0.543. The SMILES string of the molecule is CCC1(CC)CC(c2ccc(C(F)(F)F)cc2)=C(c2ccc(S(C)(=O)=O)cc2)C1. The number of rotatable bonds is 5. The fourth-order valence-corrected chi connectivity index (χ4v) is 4.72. The molecule has 0 aliphatic heterocycles. The van der Waals surface area contributed by atoms with E-state index >= 15 is 0 Å². The summed E-state index contributed by atoms with van der Waals surface area (Å²) < 4.78 is 62.3. The van der Waals surface area contributed by atoms with Gasteiger partial charge in [0.1, 0.15) is 0 Å². The van der Waals surface area contributed by atoms with E-state index in [4.69, 9.17) is 0 Å². The van der Waals surface area contributed by atoms with Gasteiger partial charge in [-0.2, -0.15) is 13.2 Å². The first-order valence-corrected chi connectivity index (χ1v) is 11.6. The Hall–Kier alpha value is -2.08. The van der Waals surface area contributed by atoms with Gasteiger partial charge in [-0.25, -0.2) is 8.42 Å². The van der Waals surface area contributed by atoms with Crippen molar-refractivity contribution in [3.63, 3.8) is 0 Å². The normalized spacial score (nSPS) is 17.0. The molecule has 0 aromatic heterocycles. The Bertz CT molecular complexity index is 1010. The third-order valence-electron chi connectivity index (χ3n) is 6.16. The number of halogens is 3. The molecule has 1 aliphatic rings. The molecule has 0 saturated carbocycles. The summed E-state index contributed by atoms with van der Waals surface area (Å²) in [6.07, 6.45) is 0.382. The molecule has 156 valence electrons. The van der Waals surface area contributed by atoms with Gasteiger partial charge in [0.15, 0.2) is 9.84 Å². The number of benzene rings is 2. The zero-order valence-electron chi connectivity index (χ0n) is 16.8. The Labute approximate surface area is 170 Å². The highest BCUT2D eigenvalue weighted by Crippen LogP contribution is 2.53. The highest BCUT2D eigenvalue weighted by Gasteiger charge is 2.37. The van der Waals surface area contributed by atoms with Crippen LogP contribution in [0.1, 0.15) is 56.2 Å². The van der Waals surface area contributed by atoms with Crippen molar-refractivity contribution in [2.45, 2.75) is 50.6 Å². The van der Waals surface area contributed by atoms with Gasteiger partial charge in [-0.1, -0.05) is 38.1 Å². The Balaban J connectivity index is 2.08. The second kappa shape index (κ2) is 7.63. The highest BCUT2D eigenvalue weighted by atomic mass is 32.2. The molecule has 6 heteroatoms. The lowest BCUT2D eigenvalue weighted by Crippen LogP contribution is -2.14. The number of hydrogen-bond acceptors (Lipinski definition) is 2. The molecule has 29 heavy (non-hydrogen) atoms. The number of allylic oxidation sites excluding steroid dienone is 2. The van der Waals surface area contributed by atoms with Crippen LogP contribution in [-0.2, 0) is 16.0 Å². The molecule has 0 atom stereocenters. The summed E-state index contributed by atoms with van der Waals surface area (Å²) >= 11 is 0. The van der Waals surface area contributed by atoms with E-state index in [1.807, 2.05) is 0 Å². The third kappa shape index (κ3) is 4.42. The number of alkyl halides is 3. The zero-order chi connectivity index (χ0) is 21.4. The van der Waals surface area contributed by atoms with E-state index in [9.17, 15) is 21.6 Å². The molecule has 0 saturated heterocycles. The van der Waals surface area contributed by atoms with Crippen LogP contribution < -0.4 is 0 Å². The van der Waals surface area contributed by atoms with Gasteiger partial charge in [0.25, 0.3) is 0 Å². The maximum Gasteiger partial charge on any atom is 0.416 e. The van der Waals surface area contributed by atoms with Crippen LogP contribution in [0.25, 0.3) is 11.1 Å². The van der Waals surface area contributed by atoms with Gasteiger partial charge in [-0.3, -0.25) is 0 Å². The number of hydrogen-bond donors (Lipinski definition) is 0. The summed E-state index contributed by atoms with van der Waals surface area (Å²) in [7, 11) is -3.28. The van der Waals surface area contributed by atoms with Crippen LogP contribution in [0.2, 0.25) is 0 Å². The molecule has 0 fully saturated rings. The standard InChI is InChI=1S/C23H25F3O2S/c1-4-22(5-2)14-20(16-6-10-18(11-7-16)23(24,25)26)21(15-22)17-8-12-19(13-9-17)29(3,27)28/h6-13H,4-5,14-15H2,1-3H3. The predicted octanol–water partition coefficient (Wildman–Crippen LogP) is 6.62. The molecule has 0 N–H and O–H groups in total. The summed E-state index contributed by atoms with van der Waals surface area (Å²) in [5.41, 5.74) is 3.28. The highest BCUT2D eigenvalue weighted by molar-refractivity contribution is 7.90. The molecule has 0 radical (unpaired) electrons. The lowest BCUT2D eigenvalue weighted by atomic mass is 9.78. The fourth-order valence-electron chi connectivity index (χ4n) is 4.09. The first-order chi connectivity index (χ1) is 13.5. The fraction of sp³-hybridized carbons (Fsp3) is 0.391. The first-order valence-electron chi connectivity index (χ1n) is 9.69. The van der Waals surface area contributed by atoms with E-state index in [2.05, 4.69) is 13.8 Å². The van der Waals surface area contributed by atoms with Crippen LogP contribution in [0.15, 0.2) is 53.4 Å². The van der Waals surface area contributed by atoms with E-state index in [1.165, 1.54) is 6.26 Å². The molecule has 0 bridgehead atoms. The molecular formula is C23H25F3O2S. The molecule has 0 amide bonds. The summed E-state index contributed by atoms with van der Waals surface area (Å²) in [5.74, 6) is 0. The van der Waals surface area contributed by atoms with Crippen LogP contribution in [-0.4, -0.2) is 14.7 Å². The minimum atomic E-state index is -4.36. The maximum atomic E-state index is 12.9. The van der Waals surface area contributed by atoms with Gasteiger partial charge < -0.3 is 0 Å². The van der Waals surface area contributed by atoms with Crippen LogP contribution >= 0.6 is 0 Å². The first kappa shape index (κ1) is 21.6. The second-order valence-electron chi connectivity index (χ2n) is 7.89. The Morgan fingerprint density at radius 2 is 1.24 bits per heavy atom. The van der Waals surface area contributed by atoms with Crippen molar-refractivity contribution < 1.29 is 21.6 Å². The van der Waals surface area contributed by atoms with E-state index in [-0.39, 0.29) is 10.3 Å². The minimum absolute atomic E-state index is 0.0723. The van der Waals surface area contributed by atoms with Crippen LogP contribution in [0.4, 0.5) is 13.2 Å². The number of sulfone groups is 1. The van der Waals surface area contributed by atoms with Crippen molar-refractivity contribution in [2.24, 2.45) is 5.41 Å². The van der Waals surface area contributed by atoms with Crippen molar-refractivity contribution >= 4 is 21.0 Å². The van der Waals surface area contributed by atoms with E-state index in [0.29, 0.717) is 0 Å². The van der Waals surface area contributed by atoms with E-state index < -0.39 is 21.6 Å². The summed E-state index contributed by atoms with van der Waals surface area (Å²) in [6, 6.07) is 12.2. The van der Waals surface area contributed by atoms with Gasteiger partial charge in [0, 0.05) is 6.26 Å². The van der Waals surface area contributed by atoms with Crippen molar-refractivity contribution in [1.82, 2.24) is 0 Å². The van der Waals surface area contributed by atoms with Gasteiger partial charge in [0.2, 0.25) is 0 Å². The molecule has 0 heterocycles. The molecule has 2 aromatic carbocycles. The van der Waals surface area contributed by atoms with Crippen LogP contribution in [0.3, 0.4) is 0 Å². The van der Waals surface area contributed by atoms with Crippen molar-refractivity contribution in [2.75, 3.05) is 6.26 Å². The molecule has 3 rings (SSSR count). The van der Waals surface area contributed by atoms with E-state index in [1.54, 1.807) is 36.4 Å². The van der Waals surface area contributed by atoms with Crippen LogP contribution in [0.5, 0.6) is 0 Å². The van der Waals surface area contributed by atoms with Crippen molar-refractivity contribution in [3.8, 4) is 0 Å². The zero-order valence-corrected chi connectivity index (χ0v) is 17.6. The largest absolute Gasteiger partial charge is 0.416 e. The van der Waals surface area contributed by atoms with Crippen LogP contribution in [0, 0.1) is 5.41 Å². The predicted molar refractivity (Wildman–Crippen MR) is 110 cm³/mol. The minimum Gasteiger partial charge on any atom is -0.224 e. The average molecular weight is 423 g/mol. The second-order valence-corrected chi connectivity index (χ2v) is 9.91. The third-order valence-corrected chi connectivity index (χ3v) is 7.29. The maximum absolute atomic E-state index is 12.9. The average Bonchev–Trinajstić information content (AvgIpc) is 3.07. The molecule has 2 nitrogen and oxygen atoms in total. The molecule has 0 unspecified atom stereocenters. The van der Waals surface area contributed by atoms with Crippen molar-refractivity contribution in [1.29, 1.82) is 0 Å². The summed E-state index contributed by atoms with van der Waals surface area (Å²) in [6.45, 7) is 4.28. The lowest BCUT2D eigenvalue weighted by Gasteiger charge is -2.27. The summed E-state index contributed by atoms with van der Waals surface area (Å²) in [5, 5.41) is 0. The Morgan fingerprint density at radius 3 is 1.59 bits per heavy atom. The Kier molecular flexibility index (Phi) is 5.69. The monoisotopic (exact) mass is 422 g/mol. The Morgan fingerprint density at radius 1 is 0.828 bits per heavy atom. The molecule has 2 aromatic rings. The van der Waals surface area contributed by atoms with Gasteiger partial charge in [-0.05, 0) is 77.6 Å². The van der Waals surface area contributed by atoms with Gasteiger partial charge >= 0.3 is 6.18 Å². The van der Waals surface area contributed by atoms with Crippen molar-refractivity contribution in [3.05, 3.63) is 65.2 Å². The lowest BCUT2D eigenvalue weighted by molar-refractivity contribution is -0.137. The molecule has 0 spiro atoms. The van der Waals surface area contributed by atoms with E-state index in [0.717, 1.165) is 60.1 Å². The topological polar surface area (TPSA) is 34.1 Å². The van der Waals surface area contributed by atoms with Gasteiger partial charge in [0.05, 0.1) is 10.5 Å². The summed E-state index contributed by atoms with van der Waals surface area (Å²) in [4.78, 5) is 0.258. The molecule has 1 aliphatic carbocycles. The van der Waals surface area contributed by atoms with Gasteiger partial charge in [-0.15, -0.1) is 0 Å². The smallest absolute Gasteiger partial charge is 0.224 e.